The number of nitrogens with zero attached hydrogens (tertiary/aromatic N) is 3. The smallest absolute Gasteiger partial charge is 0.254 e. The molecule has 26 heavy (non-hydrogen) atoms. The Balaban J connectivity index is 1.59. The number of rotatable bonds is 4. The van der Waals surface area contributed by atoms with E-state index in [9.17, 15) is 4.79 Å². The van der Waals surface area contributed by atoms with Gasteiger partial charge in [-0.25, -0.2) is 0 Å². The Bertz CT molecular complexity index is 907. The normalized spacial score (nSPS) is 16.7. The molecule has 2 aromatic carbocycles. The van der Waals surface area contributed by atoms with Gasteiger partial charge in [-0.1, -0.05) is 35.5 Å². The predicted octanol–water partition coefficient (Wildman–Crippen LogP) is 3.72. The van der Waals surface area contributed by atoms with Gasteiger partial charge >= 0.3 is 0 Å². The van der Waals surface area contributed by atoms with Crippen LogP contribution in [0.15, 0.2) is 59.1 Å². The van der Waals surface area contributed by atoms with E-state index in [1.54, 1.807) is 7.11 Å². The van der Waals surface area contributed by atoms with Gasteiger partial charge in [-0.2, -0.15) is 4.98 Å². The minimum atomic E-state index is -0.186. The van der Waals surface area contributed by atoms with E-state index in [1.165, 1.54) is 0 Å². The van der Waals surface area contributed by atoms with Crippen molar-refractivity contribution in [1.82, 2.24) is 15.0 Å². The van der Waals surface area contributed by atoms with E-state index in [1.807, 2.05) is 59.5 Å². The summed E-state index contributed by atoms with van der Waals surface area (Å²) in [6.45, 7) is 0.690. The molecule has 0 spiro atoms. The highest BCUT2D eigenvalue weighted by molar-refractivity contribution is 5.94. The van der Waals surface area contributed by atoms with Crippen LogP contribution < -0.4 is 4.74 Å². The van der Waals surface area contributed by atoms with Crippen LogP contribution in [0.1, 0.15) is 35.1 Å². The Morgan fingerprint density at radius 2 is 2.04 bits per heavy atom. The molecule has 0 N–H and O–H groups in total. The van der Waals surface area contributed by atoms with Crippen LogP contribution in [0.4, 0.5) is 0 Å². The molecule has 132 valence electrons. The number of hydrogen-bond donors (Lipinski definition) is 0. The standard InChI is InChI=1S/C20H19N3O3/c1-25-16-10-5-9-15(13-16)18-21-19(26-22-18)17-11-6-12-23(17)20(24)14-7-3-2-4-8-14/h2-5,7-10,13,17H,6,11-12H2,1H3/t17-/m0/s1. The first-order valence-corrected chi connectivity index (χ1v) is 8.60. The Morgan fingerprint density at radius 1 is 1.19 bits per heavy atom. The number of amides is 1. The minimum Gasteiger partial charge on any atom is -0.497 e. The summed E-state index contributed by atoms with van der Waals surface area (Å²) in [7, 11) is 1.62. The molecule has 1 saturated heterocycles. The van der Waals surface area contributed by atoms with Crippen LogP contribution >= 0.6 is 0 Å². The van der Waals surface area contributed by atoms with Gasteiger partial charge < -0.3 is 14.2 Å². The van der Waals surface area contributed by atoms with Crippen LogP contribution in [0.25, 0.3) is 11.4 Å². The van der Waals surface area contributed by atoms with Gasteiger partial charge in [0.1, 0.15) is 11.8 Å². The number of ether oxygens (including phenoxy) is 1. The molecule has 0 aliphatic carbocycles. The van der Waals surface area contributed by atoms with E-state index in [0.717, 1.165) is 24.2 Å². The van der Waals surface area contributed by atoms with Gasteiger partial charge in [0.25, 0.3) is 5.91 Å². The predicted molar refractivity (Wildman–Crippen MR) is 95.7 cm³/mol. The van der Waals surface area contributed by atoms with Crippen molar-refractivity contribution in [2.75, 3.05) is 13.7 Å². The first kappa shape index (κ1) is 16.3. The molecule has 1 aliphatic rings. The van der Waals surface area contributed by atoms with Crippen molar-refractivity contribution in [2.45, 2.75) is 18.9 Å². The molecule has 1 amide bonds. The molecule has 0 unspecified atom stereocenters. The summed E-state index contributed by atoms with van der Waals surface area (Å²) in [5.74, 6) is 1.70. The van der Waals surface area contributed by atoms with E-state index in [2.05, 4.69) is 10.1 Å². The number of carbonyl (C=O) groups is 1. The van der Waals surface area contributed by atoms with Gasteiger partial charge in [0.2, 0.25) is 11.7 Å². The van der Waals surface area contributed by atoms with Gasteiger partial charge in [0, 0.05) is 17.7 Å². The molecule has 1 fully saturated rings. The van der Waals surface area contributed by atoms with Crippen molar-refractivity contribution in [3.8, 4) is 17.1 Å². The van der Waals surface area contributed by atoms with Crippen LogP contribution in [0.5, 0.6) is 5.75 Å². The average Bonchev–Trinajstić information content (AvgIpc) is 3.37. The second-order valence-corrected chi connectivity index (χ2v) is 6.21. The van der Waals surface area contributed by atoms with E-state index in [4.69, 9.17) is 9.26 Å². The highest BCUT2D eigenvalue weighted by Gasteiger charge is 2.34. The van der Waals surface area contributed by atoms with Crippen molar-refractivity contribution in [1.29, 1.82) is 0 Å². The second-order valence-electron chi connectivity index (χ2n) is 6.21. The molecule has 4 rings (SSSR count). The van der Waals surface area contributed by atoms with E-state index in [-0.39, 0.29) is 11.9 Å². The SMILES string of the molecule is COc1cccc(-c2noc([C@@H]3CCCN3C(=O)c3ccccc3)n2)c1. The monoisotopic (exact) mass is 349 g/mol. The lowest BCUT2D eigenvalue weighted by atomic mass is 10.1. The Morgan fingerprint density at radius 3 is 2.85 bits per heavy atom. The van der Waals surface area contributed by atoms with Crippen molar-refractivity contribution in [3.63, 3.8) is 0 Å². The molecular weight excluding hydrogens is 330 g/mol. The Labute approximate surface area is 151 Å². The van der Waals surface area contributed by atoms with Gasteiger partial charge in [-0.3, -0.25) is 4.79 Å². The van der Waals surface area contributed by atoms with E-state index < -0.39 is 0 Å². The molecule has 6 heteroatoms. The summed E-state index contributed by atoms with van der Waals surface area (Å²) in [6, 6.07) is 16.6. The number of methoxy groups -OCH3 is 1. The summed E-state index contributed by atoms with van der Waals surface area (Å²) in [6.07, 6.45) is 1.73. The van der Waals surface area contributed by atoms with Gasteiger partial charge in [-0.15, -0.1) is 0 Å². The molecule has 2 heterocycles. The lowest BCUT2D eigenvalue weighted by Crippen LogP contribution is -2.30. The molecule has 3 aromatic rings. The van der Waals surface area contributed by atoms with Gasteiger partial charge in [0.05, 0.1) is 7.11 Å². The summed E-state index contributed by atoms with van der Waals surface area (Å²) < 4.78 is 10.7. The minimum absolute atomic E-state index is 0.00534. The topological polar surface area (TPSA) is 68.5 Å². The quantitative estimate of drug-likeness (QED) is 0.718. The van der Waals surface area contributed by atoms with Crippen molar-refractivity contribution >= 4 is 5.91 Å². The number of benzene rings is 2. The summed E-state index contributed by atoms with van der Waals surface area (Å²) >= 11 is 0. The zero-order chi connectivity index (χ0) is 17.9. The van der Waals surface area contributed by atoms with Crippen molar-refractivity contribution in [3.05, 3.63) is 66.1 Å². The van der Waals surface area contributed by atoms with Crippen LogP contribution in [0, 0.1) is 0 Å². The third kappa shape index (κ3) is 3.06. The molecule has 6 nitrogen and oxygen atoms in total. The highest BCUT2D eigenvalue weighted by Crippen LogP contribution is 2.33. The average molecular weight is 349 g/mol. The van der Waals surface area contributed by atoms with Crippen LogP contribution in [-0.2, 0) is 0 Å². The Kier molecular flexibility index (Phi) is 4.39. The molecule has 1 aromatic heterocycles. The number of hydrogen-bond acceptors (Lipinski definition) is 5. The maximum absolute atomic E-state index is 12.8. The highest BCUT2D eigenvalue weighted by atomic mass is 16.5. The van der Waals surface area contributed by atoms with Gasteiger partial charge in [0.15, 0.2) is 0 Å². The third-order valence-electron chi connectivity index (χ3n) is 4.59. The second kappa shape index (κ2) is 7.00. The Hall–Kier alpha value is -3.15. The molecule has 0 bridgehead atoms. The fourth-order valence-electron chi connectivity index (χ4n) is 3.26. The zero-order valence-corrected chi connectivity index (χ0v) is 14.5. The molecular formula is C20H19N3O3. The first-order chi connectivity index (χ1) is 12.8. The largest absolute Gasteiger partial charge is 0.497 e. The van der Waals surface area contributed by atoms with Crippen LogP contribution in [-0.4, -0.2) is 34.6 Å². The third-order valence-corrected chi connectivity index (χ3v) is 4.59. The first-order valence-electron chi connectivity index (χ1n) is 8.60. The van der Waals surface area contributed by atoms with Crippen LogP contribution in [0.2, 0.25) is 0 Å². The molecule has 1 atom stereocenters. The summed E-state index contributed by atoms with van der Waals surface area (Å²) in [4.78, 5) is 19.2. The van der Waals surface area contributed by atoms with E-state index in [0.29, 0.717) is 23.8 Å². The van der Waals surface area contributed by atoms with Crippen LogP contribution in [0.3, 0.4) is 0 Å². The summed E-state index contributed by atoms with van der Waals surface area (Å²) in [5.41, 5.74) is 1.49. The van der Waals surface area contributed by atoms with Crippen molar-refractivity contribution < 1.29 is 14.1 Å². The fourth-order valence-corrected chi connectivity index (χ4v) is 3.26. The summed E-state index contributed by atoms with van der Waals surface area (Å²) in [5, 5.41) is 4.09. The lowest BCUT2D eigenvalue weighted by molar-refractivity contribution is 0.0710. The number of aromatic nitrogens is 2. The fraction of sp³-hybridized carbons (Fsp3) is 0.250. The number of carbonyl (C=O) groups excluding carboxylic acids is 1. The molecule has 0 saturated carbocycles. The molecule has 1 aliphatic heterocycles. The zero-order valence-electron chi connectivity index (χ0n) is 14.5. The maximum Gasteiger partial charge on any atom is 0.254 e. The molecule has 0 radical (unpaired) electrons. The van der Waals surface area contributed by atoms with Crippen molar-refractivity contribution in [2.24, 2.45) is 0 Å². The van der Waals surface area contributed by atoms with E-state index >= 15 is 0 Å². The number of likely N-dealkylation sites (tertiary alicyclic amines) is 1. The maximum atomic E-state index is 12.8. The van der Waals surface area contributed by atoms with Gasteiger partial charge in [-0.05, 0) is 37.1 Å². The lowest BCUT2D eigenvalue weighted by Gasteiger charge is -2.21.